The molecule has 1 aromatic carbocycles. The Morgan fingerprint density at radius 2 is 2.00 bits per heavy atom. The van der Waals surface area contributed by atoms with Gasteiger partial charge in [0.25, 0.3) is 0 Å². The van der Waals surface area contributed by atoms with Gasteiger partial charge in [-0.15, -0.1) is 0 Å². The van der Waals surface area contributed by atoms with Crippen LogP contribution in [-0.4, -0.2) is 25.0 Å². The number of nitrogens with one attached hydrogen (secondary N) is 2. The van der Waals surface area contributed by atoms with Crippen molar-refractivity contribution in [2.45, 2.75) is 20.3 Å². The zero-order chi connectivity index (χ0) is 14.5. The number of aliphatic imine (C=N–C) groups is 2. The molecule has 0 amide bonds. The van der Waals surface area contributed by atoms with Gasteiger partial charge in [0.1, 0.15) is 12.5 Å². The standard InChI is InChI=1S/C13H17Cl2N5/c1-3-7-17-19-13-16-8-20(9(2)18-13)12-10(14)5-4-6-11(12)15/h4-6,17H,3,7-8H2,1-2H3,(H,16,19). The van der Waals surface area contributed by atoms with E-state index in [-0.39, 0.29) is 0 Å². The van der Waals surface area contributed by atoms with Crippen molar-refractivity contribution in [2.24, 2.45) is 9.98 Å². The fourth-order valence-corrected chi connectivity index (χ4v) is 2.40. The minimum atomic E-state index is 0.426. The van der Waals surface area contributed by atoms with Crippen LogP contribution in [0, 0.1) is 0 Å². The second kappa shape index (κ2) is 6.92. The smallest absolute Gasteiger partial charge is 0.236 e. The Balaban J connectivity index is 2.13. The number of hydrogen-bond donors (Lipinski definition) is 2. The SMILES string of the molecule is CCCNNC1=NCN(c2c(Cl)cccc2Cl)C(C)=N1. The summed E-state index contributed by atoms with van der Waals surface area (Å²) in [5.74, 6) is 1.35. The molecule has 0 aliphatic carbocycles. The molecule has 7 heteroatoms. The summed E-state index contributed by atoms with van der Waals surface area (Å²) < 4.78 is 0. The maximum atomic E-state index is 6.21. The van der Waals surface area contributed by atoms with E-state index in [0.717, 1.165) is 24.5 Å². The molecular weight excluding hydrogens is 297 g/mol. The number of rotatable bonds is 4. The molecule has 0 spiro atoms. The van der Waals surface area contributed by atoms with E-state index in [2.05, 4.69) is 27.8 Å². The second-order valence-corrected chi connectivity index (χ2v) is 5.15. The van der Waals surface area contributed by atoms with Crippen molar-refractivity contribution in [2.75, 3.05) is 18.1 Å². The highest BCUT2D eigenvalue weighted by Crippen LogP contribution is 2.34. The summed E-state index contributed by atoms with van der Waals surface area (Å²) in [6.07, 6.45) is 1.03. The number of anilines is 1. The molecule has 0 saturated heterocycles. The van der Waals surface area contributed by atoms with E-state index < -0.39 is 0 Å². The van der Waals surface area contributed by atoms with Gasteiger partial charge in [0.05, 0.1) is 15.7 Å². The minimum absolute atomic E-state index is 0.426. The van der Waals surface area contributed by atoms with Crippen LogP contribution < -0.4 is 15.8 Å². The number of hydrazine groups is 1. The number of hydrogen-bond acceptors (Lipinski definition) is 5. The normalized spacial score (nSPS) is 14.9. The molecule has 0 saturated carbocycles. The number of halogens is 2. The van der Waals surface area contributed by atoms with E-state index in [1.165, 1.54) is 0 Å². The van der Waals surface area contributed by atoms with Crippen molar-refractivity contribution in [3.05, 3.63) is 28.2 Å². The van der Waals surface area contributed by atoms with E-state index >= 15 is 0 Å². The largest absolute Gasteiger partial charge is 0.307 e. The van der Waals surface area contributed by atoms with Crippen LogP contribution in [0.15, 0.2) is 28.2 Å². The summed E-state index contributed by atoms with van der Waals surface area (Å²) in [5, 5.41) is 1.17. The van der Waals surface area contributed by atoms with Gasteiger partial charge in [0.2, 0.25) is 5.96 Å². The zero-order valence-corrected chi connectivity index (χ0v) is 13.0. The third-order valence-corrected chi connectivity index (χ3v) is 3.41. The molecule has 5 nitrogen and oxygen atoms in total. The maximum absolute atomic E-state index is 6.21. The fourth-order valence-electron chi connectivity index (χ4n) is 1.80. The molecule has 0 fully saturated rings. The van der Waals surface area contributed by atoms with Crippen LogP contribution in [0.2, 0.25) is 10.0 Å². The van der Waals surface area contributed by atoms with Gasteiger partial charge in [0.15, 0.2) is 0 Å². The Kier molecular flexibility index (Phi) is 5.23. The predicted octanol–water partition coefficient (Wildman–Crippen LogP) is 3.05. The highest BCUT2D eigenvalue weighted by atomic mass is 35.5. The lowest BCUT2D eigenvalue weighted by Crippen LogP contribution is -2.42. The molecule has 0 atom stereocenters. The Morgan fingerprint density at radius 1 is 1.30 bits per heavy atom. The van der Waals surface area contributed by atoms with Crippen LogP contribution in [0.5, 0.6) is 0 Å². The first-order valence-electron chi connectivity index (χ1n) is 6.43. The third kappa shape index (κ3) is 3.42. The summed E-state index contributed by atoms with van der Waals surface area (Å²) in [5.41, 5.74) is 6.76. The molecule has 1 aliphatic rings. The molecule has 0 bridgehead atoms. The van der Waals surface area contributed by atoms with Gasteiger partial charge in [-0.05, 0) is 25.5 Å². The van der Waals surface area contributed by atoms with Crippen molar-refractivity contribution < 1.29 is 0 Å². The molecule has 1 aromatic rings. The predicted molar refractivity (Wildman–Crippen MR) is 85.8 cm³/mol. The van der Waals surface area contributed by atoms with Crippen molar-refractivity contribution in [3.63, 3.8) is 0 Å². The zero-order valence-electron chi connectivity index (χ0n) is 11.5. The lowest BCUT2D eigenvalue weighted by molar-refractivity contribution is 0.634. The van der Waals surface area contributed by atoms with E-state index in [1.54, 1.807) is 12.1 Å². The van der Waals surface area contributed by atoms with Gasteiger partial charge in [-0.25, -0.2) is 10.4 Å². The quantitative estimate of drug-likeness (QED) is 0.663. The monoisotopic (exact) mass is 313 g/mol. The summed E-state index contributed by atoms with van der Waals surface area (Å²) in [6.45, 7) is 5.27. The number of nitrogens with zero attached hydrogens (tertiary/aromatic N) is 3. The van der Waals surface area contributed by atoms with Crippen LogP contribution in [0.25, 0.3) is 0 Å². The van der Waals surface area contributed by atoms with E-state index in [4.69, 9.17) is 23.2 Å². The van der Waals surface area contributed by atoms with Crippen LogP contribution >= 0.6 is 23.2 Å². The Labute approximate surface area is 128 Å². The number of guanidine groups is 1. The Morgan fingerprint density at radius 3 is 2.60 bits per heavy atom. The van der Waals surface area contributed by atoms with E-state index in [1.807, 2.05) is 17.9 Å². The van der Waals surface area contributed by atoms with Crippen molar-refractivity contribution in [3.8, 4) is 0 Å². The van der Waals surface area contributed by atoms with Gasteiger partial charge in [-0.3, -0.25) is 5.43 Å². The lowest BCUT2D eigenvalue weighted by Gasteiger charge is -2.27. The minimum Gasteiger partial charge on any atom is -0.307 e. The first-order valence-corrected chi connectivity index (χ1v) is 7.19. The topological polar surface area (TPSA) is 52.0 Å². The van der Waals surface area contributed by atoms with E-state index in [0.29, 0.717) is 22.7 Å². The molecule has 2 rings (SSSR count). The highest BCUT2D eigenvalue weighted by Gasteiger charge is 2.19. The van der Waals surface area contributed by atoms with Crippen LogP contribution in [0.1, 0.15) is 20.3 Å². The Bertz CT molecular complexity index is 521. The highest BCUT2D eigenvalue weighted by molar-refractivity contribution is 6.40. The second-order valence-electron chi connectivity index (χ2n) is 4.33. The fraction of sp³-hybridized carbons (Fsp3) is 0.385. The molecular formula is C13H17Cl2N5. The molecule has 0 unspecified atom stereocenters. The average Bonchev–Trinajstić information content (AvgIpc) is 2.41. The number of benzene rings is 1. The lowest BCUT2D eigenvalue weighted by atomic mass is 10.3. The van der Waals surface area contributed by atoms with Crippen molar-refractivity contribution in [1.82, 2.24) is 10.9 Å². The first-order chi connectivity index (χ1) is 9.63. The summed E-state index contributed by atoms with van der Waals surface area (Å²) >= 11 is 12.4. The van der Waals surface area contributed by atoms with Crippen molar-refractivity contribution >= 4 is 40.7 Å². The van der Waals surface area contributed by atoms with Gasteiger partial charge in [0, 0.05) is 6.54 Å². The van der Waals surface area contributed by atoms with Crippen molar-refractivity contribution in [1.29, 1.82) is 0 Å². The van der Waals surface area contributed by atoms with Crippen LogP contribution in [-0.2, 0) is 0 Å². The molecule has 1 aliphatic heterocycles. The Hall–Kier alpha value is -1.30. The summed E-state index contributed by atoms with van der Waals surface area (Å²) in [7, 11) is 0. The molecule has 20 heavy (non-hydrogen) atoms. The third-order valence-electron chi connectivity index (χ3n) is 2.80. The summed E-state index contributed by atoms with van der Waals surface area (Å²) in [6, 6.07) is 5.42. The molecule has 0 radical (unpaired) electrons. The number of para-hydroxylation sites is 1. The van der Waals surface area contributed by atoms with Gasteiger partial charge < -0.3 is 4.90 Å². The molecule has 0 aromatic heterocycles. The average molecular weight is 314 g/mol. The maximum Gasteiger partial charge on any atom is 0.236 e. The number of amidine groups is 1. The summed E-state index contributed by atoms with van der Waals surface area (Å²) in [4.78, 5) is 10.6. The van der Waals surface area contributed by atoms with Crippen LogP contribution in [0.4, 0.5) is 5.69 Å². The molecule has 2 N–H and O–H groups in total. The van der Waals surface area contributed by atoms with Crippen LogP contribution in [0.3, 0.4) is 0 Å². The first kappa shape index (κ1) is 15.1. The van der Waals surface area contributed by atoms with Gasteiger partial charge >= 0.3 is 0 Å². The molecule has 1 heterocycles. The van der Waals surface area contributed by atoms with Gasteiger partial charge in [-0.1, -0.05) is 36.2 Å². The van der Waals surface area contributed by atoms with E-state index in [9.17, 15) is 0 Å². The molecule has 108 valence electrons. The van der Waals surface area contributed by atoms with Gasteiger partial charge in [-0.2, -0.15) is 4.99 Å².